The Kier molecular flexibility index (Phi) is 3.25. The van der Waals surface area contributed by atoms with E-state index >= 15 is 0 Å². The number of imidazole rings is 1. The van der Waals surface area contributed by atoms with Crippen LogP contribution in [0.5, 0.6) is 11.5 Å². The number of hydrogen-bond donors (Lipinski definition) is 3. The van der Waals surface area contributed by atoms with E-state index in [1.807, 2.05) is 24.3 Å². The third-order valence-corrected chi connectivity index (χ3v) is 4.30. The fourth-order valence-electron chi connectivity index (χ4n) is 3.08. The van der Waals surface area contributed by atoms with Gasteiger partial charge in [0.05, 0.1) is 29.8 Å². The number of nitrogens with zero attached hydrogens (tertiary/aromatic N) is 3. The summed E-state index contributed by atoms with van der Waals surface area (Å²) in [4.78, 5) is 4.56. The van der Waals surface area contributed by atoms with Crippen LogP contribution < -0.4 is 15.8 Å². The van der Waals surface area contributed by atoms with Gasteiger partial charge in [0.25, 0.3) is 0 Å². The van der Waals surface area contributed by atoms with Gasteiger partial charge in [-0.2, -0.15) is 5.26 Å². The average Bonchev–Trinajstić information content (AvgIpc) is 3.00. The van der Waals surface area contributed by atoms with E-state index in [1.165, 1.54) is 13.2 Å². The molecule has 0 saturated carbocycles. The molecule has 124 valence electrons. The van der Waals surface area contributed by atoms with Gasteiger partial charge in [0.1, 0.15) is 11.9 Å². The van der Waals surface area contributed by atoms with Crippen molar-refractivity contribution in [1.82, 2.24) is 9.55 Å². The van der Waals surface area contributed by atoms with Crippen LogP contribution in [-0.2, 0) is 0 Å². The monoisotopic (exact) mass is 333 g/mol. The van der Waals surface area contributed by atoms with Gasteiger partial charge in [-0.05, 0) is 29.8 Å². The summed E-state index contributed by atoms with van der Waals surface area (Å²) >= 11 is 0. The summed E-state index contributed by atoms with van der Waals surface area (Å²) in [7, 11) is 1.47. The summed E-state index contributed by atoms with van der Waals surface area (Å²) in [6, 6.07) is 14.2. The summed E-state index contributed by atoms with van der Waals surface area (Å²) in [6.45, 7) is 0. The van der Waals surface area contributed by atoms with Gasteiger partial charge in [-0.3, -0.25) is 4.57 Å². The zero-order chi connectivity index (χ0) is 17.6. The van der Waals surface area contributed by atoms with E-state index in [4.69, 9.17) is 10.5 Å². The molecule has 0 radical (unpaired) electrons. The molecule has 25 heavy (non-hydrogen) atoms. The van der Waals surface area contributed by atoms with Crippen LogP contribution in [0, 0.1) is 11.3 Å². The fourth-order valence-corrected chi connectivity index (χ4v) is 3.08. The molecule has 7 heteroatoms. The highest BCUT2D eigenvalue weighted by atomic mass is 16.5. The first-order valence-electron chi connectivity index (χ1n) is 7.65. The van der Waals surface area contributed by atoms with Crippen LogP contribution in [0.15, 0.2) is 48.0 Å². The largest absolute Gasteiger partial charge is 0.504 e. The molecule has 2 heterocycles. The Morgan fingerprint density at radius 3 is 2.88 bits per heavy atom. The maximum absolute atomic E-state index is 9.80. The molecule has 1 aliphatic rings. The minimum absolute atomic E-state index is 0.0322. The maximum atomic E-state index is 9.80. The van der Waals surface area contributed by atoms with Gasteiger partial charge in [-0.25, -0.2) is 4.98 Å². The normalized spacial score (nSPS) is 16.2. The molecule has 0 fully saturated rings. The number of nitrogens with two attached hydrogens (primary N) is 1. The molecule has 0 aliphatic carbocycles. The topological polar surface area (TPSA) is 109 Å². The van der Waals surface area contributed by atoms with Gasteiger partial charge in [-0.1, -0.05) is 18.2 Å². The Bertz CT molecular complexity index is 1060. The molecule has 1 unspecified atom stereocenters. The molecule has 1 atom stereocenters. The van der Waals surface area contributed by atoms with Crippen LogP contribution in [0.4, 0.5) is 5.95 Å². The van der Waals surface area contributed by atoms with Gasteiger partial charge in [0, 0.05) is 0 Å². The predicted molar refractivity (Wildman–Crippen MR) is 93.8 cm³/mol. The van der Waals surface area contributed by atoms with Crippen molar-refractivity contribution in [2.75, 3.05) is 12.4 Å². The van der Waals surface area contributed by atoms with Crippen LogP contribution in [-0.4, -0.2) is 21.8 Å². The van der Waals surface area contributed by atoms with E-state index < -0.39 is 6.04 Å². The first-order chi connectivity index (χ1) is 12.1. The number of ether oxygens (including phenoxy) is 1. The van der Waals surface area contributed by atoms with Crippen LogP contribution in [0.25, 0.3) is 16.9 Å². The molecular weight excluding hydrogens is 318 g/mol. The highest BCUT2D eigenvalue weighted by Gasteiger charge is 2.30. The smallest absolute Gasteiger partial charge is 0.210 e. The molecule has 0 amide bonds. The molecule has 4 rings (SSSR count). The predicted octanol–water partition coefficient (Wildman–Crippen LogP) is 2.57. The van der Waals surface area contributed by atoms with Crippen molar-refractivity contribution >= 4 is 22.8 Å². The highest BCUT2D eigenvalue weighted by Crippen LogP contribution is 2.38. The van der Waals surface area contributed by atoms with Crippen LogP contribution in [0.3, 0.4) is 0 Å². The lowest BCUT2D eigenvalue weighted by atomic mass is 9.97. The SMILES string of the molecule is COc1cc(C2Nc3nc4ccccc4n3C(N)=C2C#N)ccc1O. The second kappa shape index (κ2) is 5.46. The minimum Gasteiger partial charge on any atom is -0.504 e. The number of aromatic nitrogens is 2. The van der Waals surface area contributed by atoms with Crippen molar-refractivity contribution in [3.8, 4) is 17.6 Å². The first-order valence-corrected chi connectivity index (χ1v) is 7.65. The van der Waals surface area contributed by atoms with Gasteiger partial charge >= 0.3 is 0 Å². The van der Waals surface area contributed by atoms with Crippen LogP contribution in [0.2, 0.25) is 0 Å². The van der Waals surface area contributed by atoms with Crippen LogP contribution >= 0.6 is 0 Å². The summed E-state index contributed by atoms with van der Waals surface area (Å²) < 4.78 is 6.90. The molecule has 0 saturated heterocycles. The fraction of sp³-hybridized carbons (Fsp3) is 0.111. The number of fused-ring (bicyclic) bond motifs is 3. The third kappa shape index (κ3) is 2.16. The molecule has 1 aliphatic heterocycles. The summed E-state index contributed by atoms with van der Waals surface area (Å²) in [5.74, 6) is 1.26. The molecule has 4 N–H and O–H groups in total. The quantitative estimate of drug-likeness (QED) is 0.665. The Morgan fingerprint density at radius 1 is 1.32 bits per heavy atom. The van der Waals surface area contributed by atoms with Crippen molar-refractivity contribution in [1.29, 1.82) is 5.26 Å². The number of nitrogens with one attached hydrogen (secondary N) is 1. The second-order valence-corrected chi connectivity index (χ2v) is 5.68. The standard InChI is InChI=1S/C18H15N5O2/c1-25-15-8-10(6-7-14(15)24)16-11(9-19)17(20)23-13-5-3-2-4-12(13)21-18(23)22-16/h2-8,16,24H,20H2,1H3,(H,21,22). The van der Waals surface area contributed by atoms with Gasteiger partial charge in [-0.15, -0.1) is 0 Å². The number of para-hydroxylation sites is 2. The summed E-state index contributed by atoms with van der Waals surface area (Å²) in [6.07, 6.45) is 0. The zero-order valence-electron chi connectivity index (χ0n) is 13.4. The molecule has 0 spiro atoms. The minimum atomic E-state index is -0.483. The van der Waals surface area contributed by atoms with Gasteiger partial charge < -0.3 is 20.9 Å². The Balaban J connectivity index is 1.90. The van der Waals surface area contributed by atoms with E-state index in [9.17, 15) is 10.4 Å². The van der Waals surface area contributed by atoms with Crippen molar-refractivity contribution < 1.29 is 9.84 Å². The van der Waals surface area contributed by atoms with E-state index in [2.05, 4.69) is 16.4 Å². The zero-order valence-corrected chi connectivity index (χ0v) is 13.4. The van der Waals surface area contributed by atoms with Crippen molar-refractivity contribution in [2.24, 2.45) is 5.73 Å². The molecule has 0 bridgehead atoms. The first kappa shape index (κ1) is 14.9. The molecular formula is C18H15N5O2. The number of phenolic OH excluding ortho intramolecular Hbond substituents is 1. The van der Waals surface area contributed by atoms with E-state index in [0.29, 0.717) is 23.1 Å². The number of methoxy groups -OCH3 is 1. The molecule has 1 aromatic heterocycles. The maximum Gasteiger partial charge on any atom is 0.210 e. The van der Waals surface area contributed by atoms with E-state index in [-0.39, 0.29) is 5.75 Å². The highest BCUT2D eigenvalue weighted by molar-refractivity contribution is 5.85. The number of nitriles is 1. The lowest BCUT2D eigenvalue weighted by Gasteiger charge is -2.27. The lowest BCUT2D eigenvalue weighted by Crippen LogP contribution is -2.26. The van der Waals surface area contributed by atoms with Crippen LogP contribution in [0.1, 0.15) is 11.6 Å². The van der Waals surface area contributed by atoms with Crippen molar-refractivity contribution in [2.45, 2.75) is 6.04 Å². The van der Waals surface area contributed by atoms with Crippen molar-refractivity contribution in [3.63, 3.8) is 0 Å². The lowest BCUT2D eigenvalue weighted by molar-refractivity contribution is 0.373. The second-order valence-electron chi connectivity index (χ2n) is 5.68. The molecule has 7 nitrogen and oxygen atoms in total. The number of benzene rings is 2. The number of hydrogen-bond acceptors (Lipinski definition) is 6. The number of phenols is 1. The summed E-state index contributed by atoms with van der Waals surface area (Å²) in [5.41, 5.74) is 9.04. The Hall–Kier alpha value is -3.66. The van der Waals surface area contributed by atoms with E-state index in [0.717, 1.165) is 16.6 Å². The average molecular weight is 333 g/mol. The van der Waals surface area contributed by atoms with E-state index in [1.54, 1.807) is 16.7 Å². The third-order valence-electron chi connectivity index (χ3n) is 4.30. The Morgan fingerprint density at radius 2 is 2.12 bits per heavy atom. The Labute approximate surface area is 143 Å². The number of rotatable bonds is 2. The number of anilines is 1. The molecule has 3 aromatic rings. The number of aromatic hydroxyl groups is 1. The van der Waals surface area contributed by atoms with Gasteiger partial charge in [0.15, 0.2) is 11.5 Å². The molecule has 2 aromatic carbocycles. The summed E-state index contributed by atoms with van der Waals surface area (Å²) in [5, 5.41) is 22.7. The van der Waals surface area contributed by atoms with Crippen molar-refractivity contribution in [3.05, 3.63) is 53.6 Å². The van der Waals surface area contributed by atoms with Gasteiger partial charge in [0.2, 0.25) is 5.95 Å².